The quantitative estimate of drug-likeness (QED) is 0.247. The third-order valence-corrected chi connectivity index (χ3v) is 2.13. The number of ether oxygens (including phenoxy) is 1. The van der Waals surface area contributed by atoms with E-state index in [4.69, 9.17) is 21.7 Å². The lowest BCUT2D eigenvalue weighted by molar-refractivity contribution is 0.384. The highest BCUT2D eigenvalue weighted by Crippen LogP contribution is 2.28. The Bertz CT molecular complexity index is 384. The minimum atomic E-state index is -0.551. The molecule has 0 aliphatic rings. The minimum Gasteiger partial charge on any atom is -0.494 e. The normalized spacial score (nSPS) is 10.0. The summed E-state index contributed by atoms with van der Waals surface area (Å²) in [7, 11) is 1.37. The average Bonchev–Trinajstić information content (AvgIpc) is 2.31. The maximum atomic E-state index is 13.8. The van der Waals surface area contributed by atoms with E-state index in [0.29, 0.717) is 5.69 Å². The number of nitrogens with one attached hydrogen (secondary N) is 2. The van der Waals surface area contributed by atoms with Gasteiger partial charge in [0, 0.05) is 12.1 Å². The molecule has 0 saturated carbocycles. The van der Waals surface area contributed by atoms with Crippen LogP contribution < -0.4 is 26.9 Å². The number of hydrazine groups is 2. The molecule has 1 aromatic rings. The first-order valence-electron chi connectivity index (χ1n) is 4.51. The average molecular weight is 227 g/mol. The van der Waals surface area contributed by atoms with Gasteiger partial charge in [-0.1, -0.05) is 0 Å². The molecule has 0 fully saturated rings. The van der Waals surface area contributed by atoms with Crippen molar-refractivity contribution in [2.75, 3.05) is 12.1 Å². The molecule has 0 heterocycles. The molecule has 1 rings (SSSR count). The molecule has 0 saturated heterocycles. The van der Waals surface area contributed by atoms with Gasteiger partial charge in [-0.15, -0.1) is 0 Å². The van der Waals surface area contributed by atoms with Crippen molar-refractivity contribution in [1.29, 1.82) is 5.41 Å². The van der Waals surface area contributed by atoms with Crippen molar-refractivity contribution in [1.82, 2.24) is 5.53 Å². The summed E-state index contributed by atoms with van der Waals surface area (Å²) >= 11 is 0. The van der Waals surface area contributed by atoms with E-state index in [1.54, 1.807) is 6.07 Å². The maximum Gasteiger partial charge on any atom is 0.171 e. The van der Waals surface area contributed by atoms with Crippen molar-refractivity contribution in [3.05, 3.63) is 23.5 Å². The SMILES string of the molecule is COc1ccc(N(C=N)NN)c(CN)c1F. The monoisotopic (exact) mass is 227 g/mol. The van der Waals surface area contributed by atoms with Gasteiger partial charge in [0.1, 0.15) is 6.34 Å². The summed E-state index contributed by atoms with van der Waals surface area (Å²) in [6, 6.07) is 3.01. The van der Waals surface area contributed by atoms with Crippen LogP contribution in [0, 0.1) is 11.2 Å². The lowest BCUT2D eigenvalue weighted by atomic mass is 10.1. The first kappa shape index (κ1) is 12.4. The van der Waals surface area contributed by atoms with Gasteiger partial charge in [0.05, 0.1) is 12.8 Å². The maximum absolute atomic E-state index is 13.8. The topological polar surface area (TPSA) is 100 Å². The highest BCUT2D eigenvalue weighted by Gasteiger charge is 2.15. The van der Waals surface area contributed by atoms with E-state index in [2.05, 4.69) is 5.53 Å². The first-order chi connectivity index (χ1) is 7.69. The van der Waals surface area contributed by atoms with Crippen molar-refractivity contribution in [2.45, 2.75) is 6.54 Å². The van der Waals surface area contributed by atoms with Crippen molar-refractivity contribution >= 4 is 12.0 Å². The van der Waals surface area contributed by atoms with Crippen LogP contribution >= 0.6 is 0 Å². The van der Waals surface area contributed by atoms with Gasteiger partial charge >= 0.3 is 0 Å². The van der Waals surface area contributed by atoms with E-state index in [1.807, 2.05) is 0 Å². The van der Waals surface area contributed by atoms with Crippen molar-refractivity contribution in [3.8, 4) is 5.75 Å². The number of rotatable bonds is 5. The van der Waals surface area contributed by atoms with Crippen LogP contribution in [0.2, 0.25) is 0 Å². The molecule has 0 spiro atoms. The second-order valence-electron chi connectivity index (χ2n) is 2.91. The molecule has 0 radical (unpaired) electrons. The Morgan fingerprint density at radius 3 is 2.75 bits per heavy atom. The molecule has 6 nitrogen and oxygen atoms in total. The molecule has 0 aromatic heterocycles. The fourth-order valence-corrected chi connectivity index (χ4v) is 1.34. The van der Waals surface area contributed by atoms with E-state index in [0.717, 1.165) is 11.3 Å². The molecule has 0 aliphatic carbocycles. The van der Waals surface area contributed by atoms with E-state index in [1.165, 1.54) is 13.2 Å². The molecule has 1 aromatic carbocycles. The molecule has 0 aliphatic heterocycles. The fraction of sp³-hybridized carbons (Fsp3) is 0.222. The Hall–Kier alpha value is -1.70. The molecule has 0 atom stereocenters. The Morgan fingerprint density at radius 1 is 1.62 bits per heavy atom. The molecule has 0 bridgehead atoms. The van der Waals surface area contributed by atoms with Crippen LogP contribution in [0.1, 0.15) is 5.56 Å². The molecule has 6 N–H and O–H groups in total. The highest BCUT2D eigenvalue weighted by atomic mass is 19.1. The Balaban J connectivity index is 3.29. The van der Waals surface area contributed by atoms with Crippen LogP contribution in [0.5, 0.6) is 5.75 Å². The van der Waals surface area contributed by atoms with E-state index < -0.39 is 5.82 Å². The summed E-state index contributed by atoms with van der Waals surface area (Å²) in [6.07, 6.45) is 0.917. The lowest BCUT2D eigenvalue weighted by Crippen LogP contribution is -2.42. The van der Waals surface area contributed by atoms with Gasteiger partial charge in [-0.3, -0.25) is 16.3 Å². The zero-order chi connectivity index (χ0) is 12.1. The molecule has 88 valence electrons. The number of methoxy groups -OCH3 is 1. The Morgan fingerprint density at radius 2 is 2.31 bits per heavy atom. The van der Waals surface area contributed by atoms with Crippen molar-refractivity contribution in [3.63, 3.8) is 0 Å². The standard InChI is InChI=1S/C9H14FN5O/c1-16-8-3-2-7(15(5-12)14-13)6(4-11)9(8)10/h2-3,5,12,14H,4,11,13H2,1H3. The van der Waals surface area contributed by atoms with Crippen LogP contribution in [0.15, 0.2) is 12.1 Å². The molecule has 0 unspecified atom stereocenters. The molecule has 16 heavy (non-hydrogen) atoms. The van der Waals surface area contributed by atoms with Gasteiger partial charge in [0.25, 0.3) is 0 Å². The third kappa shape index (κ3) is 2.11. The molecular weight excluding hydrogens is 213 g/mol. The number of nitrogens with two attached hydrogens (primary N) is 2. The number of hydrogen-bond acceptors (Lipinski definition) is 5. The molecule has 7 heteroatoms. The van der Waals surface area contributed by atoms with Gasteiger partial charge in [0.2, 0.25) is 0 Å². The van der Waals surface area contributed by atoms with Crippen LogP contribution in [-0.2, 0) is 6.54 Å². The summed E-state index contributed by atoms with van der Waals surface area (Å²) in [4.78, 5) is 0. The molecular formula is C9H14FN5O. The largest absolute Gasteiger partial charge is 0.494 e. The van der Waals surface area contributed by atoms with Crippen LogP contribution in [-0.4, -0.2) is 13.4 Å². The minimum absolute atomic E-state index is 0.0234. The second kappa shape index (κ2) is 5.40. The van der Waals surface area contributed by atoms with Gasteiger partial charge in [-0.25, -0.2) is 4.39 Å². The van der Waals surface area contributed by atoms with Gasteiger partial charge in [-0.05, 0) is 12.1 Å². The van der Waals surface area contributed by atoms with Crippen molar-refractivity contribution in [2.24, 2.45) is 11.6 Å². The lowest BCUT2D eigenvalue weighted by Gasteiger charge is -2.20. The third-order valence-electron chi connectivity index (χ3n) is 2.13. The summed E-state index contributed by atoms with van der Waals surface area (Å²) in [5, 5.41) is 8.25. The number of nitrogens with zero attached hydrogens (tertiary/aromatic N) is 1. The number of anilines is 1. The van der Waals surface area contributed by atoms with Crippen LogP contribution in [0.3, 0.4) is 0 Å². The summed E-state index contributed by atoms with van der Waals surface area (Å²) < 4.78 is 18.6. The van der Waals surface area contributed by atoms with Crippen LogP contribution in [0.4, 0.5) is 10.1 Å². The highest BCUT2D eigenvalue weighted by molar-refractivity contribution is 5.77. The second-order valence-corrected chi connectivity index (χ2v) is 2.91. The van der Waals surface area contributed by atoms with Gasteiger partial charge in [0.15, 0.2) is 11.6 Å². The number of halogens is 1. The predicted octanol–water partition coefficient (Wildman–Crippen LogP) is 0.0848. The smallest absolute Gasteiger partial charge is 0.171 e. The zero-order valence-electron chi connectivity index (χ0n) is 8.83. The fourth-order valence-electron chi connectivity index (χ4n) is 1.34. The van der Waals surface area contributed by atoms with E-state index in [-0.39, 0.29) is 17.9 Å². The van der Waals surface area contributed by atoms with E-state index in [9.17, 15) is 4.39 Å². The summed E-state index contributed by atoms with van der Waals surface area (Å²) in [6.45, 7) is -0.0234. The number of hydrogen-bond donors (Lipinski definition) is 4. The van der Waals surface area contributed by atoms with Gasteiger partial charge in [-0.2, -0.15) is 5.53 Å². The zero-order valence-corrected chi connectivity index (χ0v) is 8.83. The van der Waals surface area contributed by atoms with Crippen LogP contribution in [0.25, 0.3) is 0 Å². The number of benzene rings is 1. The van der Waals surface area contributed by atoms with Crippen molar-refractivity contribution < 1.29 is 9.13 Å². The Kier molecular flexibility index (Phi) is 4.18. The van der Waals surface area contributed by atoms with E-state index >= 15 is 0 Å². The predicted molar refractivity (Wildman–Crippen MR) is 59.4 cm³/mol. The Labute approximate surface area is 92.4 Å². The van der Waals surface area contributed by atoms with Gasteiger partial charge < -0.3 is 10.5 Å². The molecule has 0 amide bonds. The summed E-state index contributed by atoms with van der Waals surface area (Å²) in [5.41, 5.74) is 8.29. The first-order valence-corrected chi connectivity index (χ1v) is 4.51. The summed E-state index contributed by atoms with van der Waals surface area (Å²) in [5.74, 6) is 4.74.